The number of nitrogens with zero attached hydrogens (tertiary/aromatic N) is 4. The van der Waals surface area contributed by atoms with Crippen LogP contribution in [-0.2, 0) is 0 Å². The zero-order valence-corrected chi connectivity index (χ0v) is 29.9. The van der Waals surface area contributed by atoms with Crippen molar-refractivity contribution in [2.45, 2.75) is 0 Å². The summed E-state index contributed by atoms with van der Waals surface area (Å²) >= 11 is 0. The summed E-state index contributed by atoms with van der Waals surface area (Å²) in [5, 5.41) is 2.42. The molecule has 0 aliphatic carbocycles. The SMILES string of the molecule is c1ccc(-c2ccc(-c3nc(-c4ccccc4)nc(-c4ccc(-c5ccc(-c6ccccc6)cc5)c(-n5c6ccccc6c6ccccc65)c4)n3)cc2)cc1. The van der Waals surface area contributed by atoms with E-state index in [-0.39, 0.29) is 0 Å². The Kier molecular flexibility index (Phi) is 8.12. The van der Waals surface area contributed by atoms with Gasteiger partial charge in [-0.15, -0.1) is 0 Å². The van der Waals surface area contributed by atoms with Gasteiger partial charge >= 0.3 is 0 Å². The van der Waals surface area contributed by atoms with Gasteiger partial charge < -0.3 is 4.57 Å². The molecule has 0 saturated carbocycles. The first-order valence-electron chi connectivity index (χ1n) is 18.5. The van der Waals surface area contributed by atoms with Crippen molar-refractivity contribution in [3.05, 3.63) is 206 Å². The molecule has 0 aliphatic heterocycles. The largest absolute Gasteiger partial charge is 0.309 e. The number of benzene rings is 8. The van der Waals surface area contributed by atoms with E-state index in [1.165, 1.54) is 27.5 Å². The first-order chi connectivity index (χ1) is 27.3. The lowest BCUT2D eigenvalue weighted by Gasteiger charge is -2.17. The topological polar surface area (TPSA) is 43.6 Å². The summed E-state index contributed by atoms with van der Waals surface area (Å²) in [5.41, 5.74) is 13.0. The van der Waals surface area contributed by atoms with Crippen molar-refractivity contribution >= 4 is 21.8 Å². The average Bonchev–Trinajstić information content (AvgIpc) is 3.61. The van der Waals surface area contributed by atoms with Crippen LogP contribution in [0.2, 0.25) is 0 Å². The van der Waals surface area contributed by atoms with Crippen LogP contribution in [0.4, 0.5) is 0 Å². The molecule has 0 saturated heterocycles. The normalized spacial score (nSPS) is 11.3. The molecule has 0 radical (unpaired) electrons. The molecule has 258 valence electrons. The predicted octanol–water partition coefficient (Wildman–Crippen LogP) is 13.0. The van der Waals surface area contributed by atoms with Gasteiger partial charge in [0.05, 0.1) is 16.7 Å². The van der Waals surface area contributed by atoms with Gasteiger partial charge in [-0.05, 0) is 46.0 Å². The second-order valence-corrected chi connectivity index (χ2v) is 13.7. The lowest BCUT2D eigenvalue weighted by molar-refractivity contribution is 1.07. The molecule has 10 aromatic rings. The minimum absolute atomic E-state index is 0.615. The van der Waals surface area contributed by atoms with Crippen LogP contribution in [0.25, 0.3) is 95.0 Å². The first kappa shape index (κ1) is 32.2. The van der Waals surface area contributed by atoms with Crippen LogP contribution in [0, 0.1) is 0 Å². The van der Waals surface area contributed by atoms with Gasteiger partial charge in [-0.3, -0.25) is 0 Å². The molecule has 2 heterocycles. The Morgan fingerprint density at radius 2 is 0.618 bits per heavy atom. The third-order valence-corrected chi connectivity index (χ3v) is 10.3. The molecule has 55 heavy (non-hydrogen) atoms. The van der Waals surface area contributed by atoms with E-state index in [0.717, 1.165) is 50.1 Å². The Balaban J connectivity index is 1.17. The lowest BCUT2D eigenvalue weighted by atomic mass is 9.97. The van der Waals surface area contributed by atoms with E-state index >= 15 is 0 Å². The van der Waals surface area contributed by atoms with Crippen LogP contribution in [0.15, 0.2) is 206 Å². The van der Waals surface area contributed by atoms with Gasteiger partial charge in [0.15, 0.2) is 17.5 Å². The van der Waals surface area contributed by atoms with Gasteiger partial charge in [0, 0.05) is 33.0 Å². The van der Waals surface area contributed by atoms with Crippen molar-refractivity contribution in [1.29, 1.82) is 0 Å². The highest BCUT2D eigenvalue weighted by Crippen LogP contribution is 2.39. The molecule has 0 unspecified atom stereocenters. The summed E-state index contributed by atoms with van der Waals surface area (Å²) in [6.45, 7) is 0. The first-order valence-corrected chi connectivity index (χ1v) is 18.5. The average molecular weight is 703 g/mol. The smallest absolute Gasteiger partial charge is 0.164 e. The van der Waals surface area contributed by atoms with Gasteiger partial charge in [-0.25, -0.2) is 15.0 Å². The van der Waals surface area contributed by atoms with Crippen LogP contribution in [0.3, 0.4) is 0 Å². The Morgan fingerprint density at radius 3 is 1.13 bits per heavy atom. The van der Waals surface area contributed by atoms with Crippen molar-refractivity contribution in [3.8, 4) is 73.2 Å². The van der Waals surface area contributed by atoms with Gasteiger partial charge in [0.25, 0.3) is 0 Å². The van der Waals surface area contributed by atoms with Crippen LogP contribution in [0.5, 0.6) is 0 Å². The Labute approximate surface area is 319 Å². The molecule has 0 fully saturated rings. The maximum atomic E-state index is 5.17. The van der Waals surface area contributed by atoms with Crippen molar-refractivity contribution in [2.75, 3.05) is 0 Å². The summed E-state index contributed by atoms with van der Waals surface area (Å²) in [7, 11) is 0. The molecule has 10 rings (SSSR count). The van der Waals surface area contributed by atoms with Crippen molar-refractivity contribution in [1.82, 2.24) is 19.5 Å². The fraction of sp³-hybridized carbons (Fsp3) is 0. The monoisotopic (exact) mass is 702 g/mol. The third-order valence-electron chi connectivity index (χ3n) is 10.3. The molecule has 2 aromatic heterocycles. The molecule has 0 amide bonds. The Hall–Kier alpha value is -7.43. The number of aromatic nitrogens is 4. The number of para-hydroxylation sites is 2. The molecule has 0 bridgehead atoms. The fourth-order valence-corrected chi connectivity index (χ4v) is 7.55. The fourth-order valence-electron chi connectivity index (χ4n) is 7.55. The van der Waals surface area contributed by atoms with E-state index < -0.39 is 0 Å². The van der Waals surface area contributed by atoms with Gasteiger partial charge in [0.2, 0.25) is 0 Å². The molecule has 0 aliphatic rings. The van der Waals surface area contributed by atoms with E-state index in [9.17, 15) is 0 Å². The zero-order valence-electron chi connectivity index (χ0n) is 29.9. The summed E-state index contributed by atoms with van der Waals surface area (Å²) in [6, 6.07) is 72.3. The van der Waals surface area contributed by atoms with E-state index in [4.69, 9.17) is 15.0 Å². The van der Waals surface area contributed by atoms with Gasteiger partial charge in [0.1, 0.15) is 0 Å². The zero-order chi connectivity index (χ0) is 36.6. The molecule has 0 atom stereocenters. The van der Waals surface area contributed by atoms with E-state index in [2.05, 4.69) is 174 Å². The summed E-state index contributed by atoms with van der Waals surface area (Å²) in [5.74, 6) is 1.87. The molecular weight excluding hydrogens is 669 g/mol. The number of hydrogen-bond donors (Lipinski definition) is 0. The highest BCUT2D eigenvalue weighted by atomic mass is 15.0. The minimum atomic E-state index is 0.615. The third kappa shape index (κ3) is 6.06. The summed E-state index contributed by atoms with van der Waals surface area (Å²) in [6.07, 6.45) is 0. The van der Waals surface area contributed by atoms with E-state index in [1.807, 2.05) is 36.4 Å². The standard InChI is InChI=1S/C51H34N4/c1-4-14-35(15-5-1)37-24-28-39(29-25-37)43-33-32-42(34-48(43)55-46-22-12-10-20-44(46)45-21-11-13-23-47(45)55)51-53-49(40-18-8-3-9-19-40)52-50(54-51)41-30-26-38(27-31-41)36-16-6-2-7-17-36/h1-34H. The van der Waals surface area contributed by atoms with Gasteiger partial charge in [-0.2, -0.15) is 0 Å². The molecule has 4 nitrogen and oxygen atoms in total. The van der Waals surface area contributed by atoms with E-state index in [1.54, 1.807) is 0 Å². The summed E-state index contributed by atoms with van der Waals surface area (Å²) in [4.78, 5) is 15.3. The van der Waals surface area contributed by atoms with Crippen molar-refractivity contribution in [3.63, 3.8) is 0 Å². The maximum Gasteiger partial charge on any atom is 0.164 e. The lowest BCUT2D eigenvalue weighted by Crippen LogP contribution is -2.02. The Bertz CT molecular complexity index is 2880. The Morgan fingerprint density at radius 1 is 0.273 bits per heavy atom. The molecular formula is C51H34N4. The number of fused-ring (bicyclic) bond motifs is 3. The van der Waals surface area contributed by atoms with Crippen LogP contribution >= 0.6 is 0 Å². The molecule has 0 spiro atoms. The second kappa shape index (κ2) is 13.8. The molecule has 8 aromatic carbocycles. The van der Waals surface area contributed by atoms with Crippen molar-refractivity contribution < 1.29 is 0 Å². The molecule has 4 heteroatoms. The van der Waals surface area contributed by atoms with Gasteiger partial charge in [-0.1, -0.05) is 188 Å². The van der Waals surface area contributed by atoms with Crippen LogP contribution < -0.4 is 0 Å². The number of rotatable bonds is 7. The second-order valence-electron chi connectivity index (χ2n) is 13.7. The molecule has 0 N–H and O–H groups in total. The summed E-state index contributed by atoms with van der Waals surface area (Å²) < 4.78 is 2.39. The highest BCUT2D eigenvalue weighted by molar-refractivity contribution is 6.09. The van der Waals surface area contributed by atoms with Crippen LogP contribution in [0.1, 0.15) is 0 Å². The highest BCUT2D eigenvalue weighted by Gasteiger charge is 2.19. The maximum absolute atomic E-state index is 5.17. The quantitative estimate of drug-likeness (QED) is 0.166. The number of hydrogen-bond acceptors (Lipinski definition) is 3. The van der Waals surface area contributed by atoms with Crippen molar-refractivity contribution in [2.24, 2.45) is 0 Å². The minimum Gasteiger partial charge on any atom is -0.309 e. The van der Waals surface area contributed by atoms with E-state index in [0.29, 0.717) is 17.5 Å². The van der Waals surface area contributed by atoms with Crippen LogP contribution in [-0.4, -0.2) is 19.5 Å². The predicted molar refractivity (Wildman–Crippen MR) is 227 cm³/mol.